The van der Waals surface area contributed by atoms with Gasteiger partial charge >= 0.3 is 0 Å². The highest BCUT2D eigenvalue weighted by Gasteiger charge is 2.45. The maximum Gasteiger partial charge on any atom is 0.254 e. The van der Waals surface area contributed by atoms with Crippen molar-refractivity contribution < 1.29 is 18.3 Å². The number of benzene rings is 2. The number of hydrogen-bond acceptors (Lipinski definition) is 4. The molecule has 8 heteroatoms. The lowest BCUT2D eigenvalue weighted by Gasteiger charge is -2.42. The van der Waals surface area contributed by atoms with Crippen molar-refractivity contribution in [2.75, 3.05) is 25.9 Å². The van der Waals surface area contributed by atoms with Gasteiger partial charge in [0.05, 0.1) is 13.1 Å². The van der Waals surface area contributed by atoms with Crippen LogP contribution in [0.3, 0.4) is 0 Å². The predicted octanol–water partition coefficient (Wildman–Crippen LogP) is 3.21. The van der Waals surface area contributed by atoms with Crippen molar-refractivity contribution in [3.8, 4) is 5.75 Å². The number of rotatable bonds is 2. The predicted molar refractivity (Wildman–Crippen MR) is 118 cm³/mol. The SMILES string of the molecule is C[S+](=O)([O-])N1Cc2ccccc2OC2(CCN(C(=O)c3cccc4[nH]ccc34)CC2)C1. The first kappa shape index (κ1) is 20.2. The maximum atomic E-state index is 13.2. The Bertz CT molecular complexity index is 1180. The molecule has 1 fully saturated rings. The minimum Gasteiger partial charge on any atom is -0.598 e. The molecule has 162 valence electrons. The molecule has 5 rings (SSSR count). The van der Waals surface area contributed by atoms with Crippen LogP contribution in [0.1, 0.15) is 28.8 Å². The molecule has 1 spiro atoms. The van der Waals surface area contributed by atoms with Crippen molar-refractivity contribution >= 4 is 27.2 Å². The molecule has 3 heterocycles. The van der Waals surface area contributed by atoms with Crippen LogP contribution in [-0.4, -0.2) is 56.1 Å². The third-order valence-electron chi connectivity index (χ3n) is 6.37. The van der Waals surface area contributed by atoms with E-state index in [1.54, 1.807) is 0 Å². The third kappa shape index (κ3) is 3.75. The molecule has 0 bridgehead atoms. The lowest BCUT2D eigenvalue weighted by molar-refractivity contribution is -0.00330. The molecule has 2 aromatic carbocycles. The van der Waals surface area contributed by atoms with Gasteiger partial charge in [-0.25, -0.2) is 0 Å². The van der Waals surface area contributed by atoms with E-state index < -0.39 is 16.0 Å². The van der Waals surface area contributed by atoms with Gasteiger partial charge in [0.25, 0.3) is 5.91 Å². The fourth-order valence-electron chi connectivity index (χ4n) is 4.62. The first-order valence-electron chi connectivity index (χ1n) is 10.4. The summed E-state index contributed by atoms with van der Waals surface area (Å²) in [5.74, 6) is 0.722. The van der Waals surface area contributed by atoms with Crippen LogP contribution < -0.4 is 4.74 Å². The number of sulfonamides is 1. The second-order valence-electron chi connectivity index (χ2n) is 8.46. The molecule has 0 saturated carbocycles. The molecule has 1 N–H and O–H groups in total. The largest absolute Gasteiger partial charge is 0.598 e. The molecule has 7 nitrogen and oxygen atoms in total. The van der Waals surface area contributed by atoms with Crippen LogP contribution in [-0.2, 0) is 21.2 Å². The molecule has 1 unspecified atom stereocenters. The Kier molecular flexibility index (Phi) is 4.88. The standard InChI is InChI=1S/C23H25N3O4S/c1-31(28,29)26-15-17-5-2-3-8-21(17)30-23(16-26)10-13-25(14-11-23)22(27)19-6-4-7-20-18(19)9-12-24-20/h2-9,12H,10-11,13-16H2,1H3,(H-,24,27,28,29). The lowest BCUT2D eigenvalue weighted by Crippen LogP contribution is -2.55. The van der Waals surface area contributed by atoms with Gasteiger partial charge in [-0.2, -0.15) is 0 Å². The highest BCUT2D eigenvalue weighted by Crippen LogP contribution is 2.37. The molecular formula is C23H25N3O4S. The molecule has 2 aliphatic rings. The Labute approximate surface area is 182 Å². The van der Waals surface area contributed by atoms with Crippen molar-refractivity contribution in [1.82, 2.24) is 14.2 Å². The minimum absolute atomic E-state index is 0.00552. The molecule has 1 saturated heterocycles. The molecular weight excluding hydrogens is 414 g/mol. The number of nitrogens with one attached hydrogen (secondary N) is 1. The summed E-state index contributed by atoms with van der Waals surface area (Å²) in [6.07, 6.45) is 4.22. The molecule has 0 aliphatic carbocycles. The second kappa shape index (κ2) is 7.47. The molecule has 31 heavy (non-hydrogen) atoms. The summed E-state index contributed by atoms with van der Waals surface area (Å²) in [6.45, 7) is 1.61. The van der Waals surface area contributed by atoms with Crippen LogP contribution in [0.4, 0.5) is 0 Å². The van der Waals surface area contributed by atoms with Gasteiger partial charge in [0.2, 0.25) is 0 Å². The number of aromatic nitrogens is 1. The number of amides is 1. The zero-order valence-electron chi connectivity index (χ0n) is 17.4. The summed E-state index contributed by atoms with van der Waals surface area (Å²) in [6, 6.07) is 15.2. The van der Waals surface area contributed by atoms with Crippen molar-refractivity contribution in [3.63, 3.8) is 0 Å². The third-order valence-corrected chi connectivity index (χ3v) is 7.56. The van der Waals surface area contributed by atoms with Crippen molar-refractivity contribution in [2.45, 2.75) is 25.0 Å². The number of ether oxygens (including phenoxy) is 1. The minimum atomic E-state index is -3.39. The number of para-hydroxylation sites is 1. The Balaban J connectivity index is 1.39. The normalized spacial score (nSPS) is 20.6. The van der Waals surface area contributed by atoms with E-state index in [4.69, 9.17) is 4.74 Å². The van der Waals surface area contributed by atoms with Gasteiger partial charge in [-0.3, -0.25) is 4.79 Å². The van der Waals surface area contributed by atoms with Gasteiger partial charge in [-0.1, -0.05) is 28.5 Å². The average molecular weight is 440 g/mol. The lowest BCUT2D eigenvalue weighted by atomic mass is 9.90. The smallest absolute Gasteiger partial charge is 0.254 e. The quantitative estimate of drug-likeness (QED) is 0.621. The van der Waals surface area contributed by atoms with E-state index in [9.17, 15) is 13.6 Å². The summed E-state index contributed by atoms with van der Waals surface area (Å²) in [7, 11) is -3.39. The summed E-state index contributed by atoms with van der Waals surface area (Å²) >= 11 is 0. The van der Waals surface area contributed by atoms with Crippen LogP contribution in [0.2, 0.25) is 0 Å². The van der Waals surface area contributed by atoms with Crippen molar-refractivity contribution in [1.29, 1.82) is 0 Å². The van der Waals surface area contributed by atoms with Gasteiger partial charge in [0, 0.05) is 54.2 Å². The molecule has 3 aromatic rings. The van der Waals surface area contributed by atoms with E-state index >= 15 is 0 Å². The number of piperidine rings is 1. The molecule has 0 radical (unpaired) electrons. The molecule has 1 amide bonds. The monoisotopic (exact) mass is 439 g/mol. The summed E-state index contributed by atoms with van der Waals surface area (Å²) in [5.41, 5.74) is 1.83. The van der Waals surface area contributed by atoms with E-state index in [2.05, 4.69) is 4.98 Å². The van der Waals surface area contributed by atoms with E-state index in [0.29, 0.717) is 38.0 Å². The molecule has 2 aliphatic heterocycles. The van der Waals surface area contributed by atoms with Crippen LogP contribution >= 0.6 is 0 Å². The Morgan fingerprint density at radius 2 is 1.90 bits per heavy atom. The Morgan fingerprint density at radius 3 is 2.68 bits per heavy atom. The summed E-state index contributed by atoms with van der Waals surface area (Å²) < 4.78 is 32.8. The van der Waals surface area contributed by atoms with Crippen molar-refractivity contribution in [2.24, 2.45) is 0 Å². The highest BCUT2D eigenvalue weighted by atomic mass is 32.3. The van der Waals surface area contributed by atoms with Crippen LogP contribution in [0.5, 0.6) is 5.75 Å². The maximum absolute atomic E-state index is 13.2. The average Bonchev–Trinajstić information content (AvgIpc) is 3.16. The van der Waals surface area contributed by atoms with E-state index in [-0.39, 0.29) is 12.5 Å². The van der Waals surface area contributed by atoms with Gasteiger partial charge in [-0.15, -0.1) is 4.31 Å². The highest BCUT2D eigenvalue weighted by molar-refractivity contribution is 7.94. The number of hydrogen-bond donors (Lipinski definition) is 1. The van der Waals surface area contributed by atoms with Gasteiger partial charge < -0.3 is 19.2 Å². The fourth-order valence-corrected chi connectivity index (χ4v) is 5.46. The molecule has 1 aromatic heterocycles. The summed E-state index contributed by atoms with van der Waals surface area (Å²) in [5, 5.41) is 0.913. The first-order chi connectivity index (χ1) is 14.8. The number of H-pyrrole nitrogens is 1. The van der Waals surface area contributed by atoms with E-state index in [1.807, 2.05) is 59.6 Å². The first-order valence-corrected chi connectivity index (χ1v) is 12.3. The van der Waals surface area contributed by atoms with Crippen molar-refractivity contribution in [3.05, 3.63) is 65.9 Å². The van der Waals surface area contributed by atoms with Gasteiger partial charge in [-0.05, 0) is 24.3 Å². The van der Waals surface area contributed by atoms with Gasteiger partial charge in [0.1, 0.15) is 28.0 Å². The number of carbonyl (C=O) groups is 1. The van der Waals surface area contributed by atoms with E-state index in [1.165, 1.54) is 10.6 Å². The summed E-state index contributed by atoms with van der Waals surface area (Å²) in [4.78, 5) is 18.2. The zero-order chi connectivity index (χ0) is 21.6. The second-order valence-corrected chi connectivity index (χ2v) is 10.4. The topological polar surface area (TPSA) is 88.7 Å². The zero-order valence-corrected chi connectivity index (χ0v) is 18.2. The number of carbonyl (C=O) groups excluding carboxylic acids is 1. The number of nitrogens with zero attached hydrogens (tertiary/aromatic N) is 2. The van der Waals surface area contributed by atoms with Crippen LogP contribution in [0, 0.1) is 0 Å². The number of likely N-dealkylation sites (tertiary alicyclic amines) is 1. The van der Waals surface area contributed by atoms with E-state index in [0.717, 1.165) is 22.2 Å². The molecule has 1 atom stereocenters. The number of aromatic amines is 1. The fraction of sp³-hybridized carbons (Fsp3) is 0.348. The van der Waals surface area contributed by atoms with Crippen LogP contribution in [0.25, 0.3) is 10.9 Å². The Hall–Kier alpha value is -2.68. The van der Waals surface area contributed by atoms with Crippen LogP contribution in [0.15, 0.2) is 54.7 Å². The Morgan fingerprint density at radius 1 is 1.13 bits per heavy atom. The number of fused-ring (bicyclic) bond motifs is 2. The van der Waals surface area contributed by atoms with Gasteiger partial charge in [0.15, 0.2) is 0 Å².